The molecule has 0 saturated heterocycles. The van der Waals surface area contributed by atoms with E-state index in [0.717, 1.165) is 17.5 Å². The summed E-state index contributed by atoms with van der Waals surface area (Å²) in [5, 5.41) is 0.711. The Morgan fingerprint density at radius 2 is 1.82 bits per heavy atom. The molecule has 0 bridgehead atoms. The summed E-state index contributed by atoms with van der Waals surface area (Å²) in [6.45, 7) is 3.20. The lowest BCUT2D eigenvalue weighted by Crippen LogP contribution is -2.22. The smallest absolute Gasteiger partial charge is 0.278 e. The number of nitrogens with zero attached hydrogens (tertiary/aromatic N) is 3. The molecule has 0 fully saturated rings. The van der Waals surface area contributed by atoms with E-state index in [1.165, 1.54) is 12.1 Å². The summed E-state index contributed by atoms with van der Waals surface area (Å²) in [6.07, 6.45) is 2.32. The number of hydrogen-bond acceptors (Lipinski definition) is 5. The largest absolute Gasteiger partial charge is 0.497 e. The Morgan fingerprint density at radius 1 is 1.00 bits per heavy atom. The van der Waals surface area contributed by atoms with Crippen molar-refractivity contribution in [2.24, 2.45) is 0 Å². The van der Waals surface area contributed by atoms with Crippen LogP contribution in [0.25, 0.3) is 22.2 Å². The molecule has 0 saturated carbocycles. The molecule has 1 aliphatic heterocycles. The van der Waals surface area contributed by atoms with Gasteiger partial charge in [-0.3, -0.25) is 19.3 Å². The van der Waals surface area contributed by atoms with Gasteiger partial charge in [0.1, 0.15) is 17.1 Å². The number of benzene rings is 3. The molecule has 0 spiro atoms. The SMILES string of the molecule is COc1ccc2c(Oc3ccc(CC(=O)c4c(-c5ccccc5C)n5n(c4=O)CCC5)cc3F)ccnc2c1. The minimum absolute atomic E-state index is 0.0260. The number of fused-ring (bicyclic) bond motifs is 2. The summed E-state index contributed by atoms with van der Waals surface area (Å²) in [4.78, 5) is 31.1. The second-order valence-corrected chi connectivity index (χ2v) is 9.60. The Morgan fingerprint density at radius 3 is 2.62 bits per heavy atom. The van der Waals surface area contributed by atoms with Crippen molar-refractivity contribution in [2.45, 2.75) is 32.9 Å². The molecular weight excluding hydrogens is 497 g/mol. The van der Waals surface area contributed by atoms with Crippen molar-refractivity contribution in [2.75, 3.05) is 7.11 Å². The fraction of sp³-hybridized carbons (Fsp3) is 0.194. The fourth-order valence-electron chi connectivity index (χ4n) is 5.23. The molecule has 0 amide bonds. The molecule has 6 rings (SSSR count). The van der Waals surface area contributed by atoms with E-state index in [1.54, 1.807) is 48.3 Å². The summed E-state index contributed by atoms with van der Waals surface area (Å²) < 4.78 is 29.9. The molecule has 0 unspecified atom stereocenters. The lowest BCUT2D eigenvalue weighted by atomic mass is 9.97. The monoisotopic (exact) mass is 523 g/mol. The molecule has 0 N–H and O–H groups in total. The Bertz CT molecular complexity index is 1800. The standard InChI is InChI=1S/C31H26FN3O4/c1-19-6-3-4-7-22(19)30-29(31(37)35-15-5-14-34(30)35)26(36)17-20-8-11-28(24(32)16-20)39-27-12-13-33-25-18-21(38-2)9-10-23(25)27/h3-4,6-13,16,18H,5,14-15,17H2,1-2H3. The van der Waals surface area contributed by atoms with E-state index in [4.69, 9.17) is 9.47 Å². The van der Waals surface area contributed by atoms with Crippen molar-refractivity contribution in [1.29, 1.82) is 0 Å². The van der Waals surface area contributed by atoms with Crippen LogP contribution in [0.1, 0.15) is 27.9 Å². The fourth-order valence-corrected chi connectivity index (χ4v) is 5.23. The second kappa shape index (κ2) is 9.87. The van der Waals surface area contributed by atoms with Crippen molar-refractivity contribution in [3.8, 4) is 28.5 Å². The normalized spacial score (nSPS) is 12.5. The zero-order valence-corrected chi connectivity index (χ0v) is 21.6. The first-order chi connectivity index (χ1) is 18.9. The Kier molecular flexibility index (Phi) is 6.23. The molecule has 3 aromatic carbocycles. The van der Waals surface area contributed by atoms with Crippen LogP contribution in [0, 0.1) is 12.7 Å². The molecule has 39 heavy (non-hydrogen) atoms. The summed E-state index contributed by atoms with van der Waals surface area (Å²) in [5.41, 5.74) is 3.46. The van der Waals surface area contributed by atoms with Crippen LogP contribution < -0.4 is 15.0 Å². The van der Waals surface area contributed by atoms with Gasteiger partial charge in [-0.2, -0.15) is 0 Å². The molecule has 2 aromatic heterocycles. The Balaban J connectivity index is 1.29. The van der Waals surface area contributed by atoms with Crippen molar-refractivity contribution in [1.82, 2.24) is 14.3 Å². The highest BCUT2D eigenvalue weighted by Crippen LogP contribution is 2.33. The predicted molar refractivity (Wildman–Crippen MR) is 146 cm³/mol. The highest BCUT2D eigenvalue weighted by molar-refractivity contribution is 6.02. The quantitative estimate of drug-likeness (QED) is 0.247. The summed E-state index contributed by atoms with van der Waals surface area (Å²) in [7, 11) is 1.58. The number of ketones is 1. The van der Waals surface area contributed by atoms with Crippen LogP contribution in [0.2, 0.25) is 0 Å². The van der Waals surface area contributed by atoms with Gasteiger partial charge >= 0.3 is 0 Å². The molecule has 7 nitrogen and oxygen atoms in total. The molecule has 5 aromatic rings. The van der Waals surface area contributed by atoms with Gasteiger partial charge in [-0.15, -0.1) is 0 Å². The molecule has 8 heteroatoms. The van der Waals surface area contributed by atoms with Crippen LogP contribution >= 0.6 is 0 Å². The summed E-state index contributed by atoms with van der Waals surface area (Å²) in [6, 6.07) is 19.2. The topological polar surface area (TPSA) is 75.3 Å². The molecular formula is C31H26FN3O4. The predicted octanol–water partition coefficient (Wildman–Crippen LogP) is 5.94. The van der Waals surface area contributed by atoms with Crippen molar-refractivity contribution in [3.05, 3.63) is 106 Å². The molecule has 3 heterocycles. The van der Waals surface area contributed by atoms with Crippen LogP contribution in [0.5, 0.6) is 17.2 Å². The number of halogens is 1. The number of carbonyl (C=O) groups is 1. The number of ether oxygens (including phenoxy) is 2. The minimum Gasteiger partial charge on any atom is -0.497 e. The van der Waals surface area contributed by atoms with Gasteiger partial charge in [0.25, 0.3) is 5.56 Å². The maximum atomic E-state index is 15.2. The van der Waals surface area contributed by atoms with Crippen LogP contribution in [0.15, 0.2) is 77.7 Å². The third-order valence-electron chi connectivity index (χ3n) is 7.14. The Labute approximate surface area is 224 Å². The first-order valence-electron chi connectivity index (χ1n) is 12.8. The third-order valence-corrected chi connectivity index (χ3v) is 7.14. The van der Waals surface area contributed by atoms with Crippen LogP contribution in [0.3, 0.4) is 0 Å². The van der Waals surface area contributed by atoms with Gasteiger partial charge in [-0.25, -0.2) is 9.07 Å². The van der Waals surface area contributed by atoms with Crippen LogP contribution in [-0.2, 0) is 19.5 Å². The van der Waals surface area contributed by atoms with E-state index < -0.39 is 5.82 Å². The maximum Gasteiger partial charge on any atom is 0.278 e. The number of aromatic nitrogens is 3. The van der Waals surface area contributed by atoms with Gasteiger partial charge in [0.2, 0.25) is 0 Å². The molecule has 196 valence electrons. The van der Waals surface area contributed by atoms with Gasteiger partial charge in [0.15, 0.2) is 17.3 Å². The van der Waals surface area contributed by atoms with Crippen molar-refractivity contribution >= 4 is 16.7 Å². The average Bonchev–Trinajstić information content (AvgIpc) is 3.52. The van der Waals surface area contributed by atoms with Crippen molar-refractivity contribution in [3.63, 3.8) is 0 Å². The summed E-state index contributed by atoms with van der Waals surface area (Å²) in [5.74, 6) is 0.192. The molecule has 0 radical (unpaired) electrons. The number of pyridine rings is 1. The van der Waals surface area contributed by atoms with Crippen LogP contribution in [-0.4, -0.2) is 27.2 Å². The maximum absolute atomic E-state index is 15.2. The number of Topliss-reactive ketones (excluding diaryl/α,β-unsaturated/α-hetero) is 1. The average molecular weight is 524 g/mol. The number of rotatable bonds is 7. The highest BCUT2D eigenvalue weighted by Gasteiger charge is 2.29. The van der Waals surface area contributed by atoms with Crippen LogP contribution in [0.4, 0.5) is 4.39 Å². The van der Waals surface area contributed by atoms with Gasteiger partial charge in [-0.1, -0.05) is 30.3 Å². The number of aryl methyl sites for hydroxylation is 1. The molecule has 0 aliphatic carbocycles. The van der Waals surface area contributed by atoms with Gasteiger partial charge < -0.3 is 9.47 Å². The van der Waals surface area contributed by atoms with E-state index in [9.17, 15) is 9.59 Å². The Hall–Kier alpha value is -4.72. The summed E-state index contributed by atoms with van der Waals surface area (Å²) >= 11 is 0. The number of carbonyl (C=O) groups excluding carboxylic acids is 1. The van der Waals surface area contributed by atoms with E-state index in [2.05, 4.69) is 4.98 Å². The molecule has 1 aliphatic rings. The zero-order valence-electron chi connectivity index (χ0n) is 21.6. The van der Waals surface area contributed by atoms with E-state index >= 15 is 4.39 Å². The van der Waals surface area contributed by atoms with Gasteiger partial charge in [-0.05, 0) is 54.8 Å². The number of hydrogen-bond donors (Lipinski definition) is 0. The van der Waals surface area contributed by atoms with E-state index in [1.807, 2.05) is 35.9 Å². The number of methoxy groups -OCH3 is 1. The van der Waals surface area contributed by atoms with Gasteiger partial charge in [0.05, 0.1) is 18.3 Å². The van der Waals surface area contributed by atoms with E-state index in [-0.39, 0.29) is 29.1 Å². The lowest BCUT2D eigenvalue weighted by molar-refractivity contribution is 0.0992. The van der Waals surface area contributed by atoms with Crippen molar-refractivity contribution < 1.29 is 18.7 Å². The minimum atomic E-state index is -0.603. The first kappa shape index (κ1) is 24.6. The zero-order chi connectivity index (χ0) is 27.1. The first-order valence-corrected chi connectivity index (χ1v) is 12.8. The second-order valence-electron chi connectivity index (χ2n) is 9.60. The van der Waals surface area contributed by atoms with Gasteiger partial charge in [0, 0.05) is 42.7 Å². The molecule has 0 atom stereocenters. The third kappa shape index (κ3) is 4.37. The highest BCUT2D eigenvalue weighted by atomic mass is 19.1. The van der Waals surface area contributed by atoms with E-state index in [0.29, 0.717) is 46.7 Å². The lowest BCUT2D eigenvalue weighted by Gasteiger charge is -2.12.